The zero-order valence-corrected chi connectivity index (χ0v) is 13.5. The molecule has 0 saturated carbocycles. The molecule has 0 aliphatic rings. The standard InChI is InChI=1S/C19H22N2O2/c1-14(2)16-10-6-7-11-17(16)21-19(23)12-18(22)20-13-15-8-4-3-5-9-15/h3-11,14H,12-13H2,1-2H3,(H,20,22)(H,21,23). The van der Waals surface area contributed by atoms with Gasteiger partial charge in [-0.2, -0.15) is 0 Å². The van der Waals surface area contributed by atoms with Crippen LogP contribution >= 0.6 is 0 Å². The molecule has 2 N–H and O–H groups in total. The van der Waals surface area contributed by atoms with Crippen LogP contribution in [0.15, 0.2) is 54.6 Å². The number of nitrogens with one attached hydrogen (secondary N) is 2. The van der Waals surface area contributed by atoms with Gasteiger partial charge in [0.25, 0.3) is 0 Å². The van der Waals surface area contributed by atoms with E-state index in [1.807, 2.05) is 54.6 Å². The molecule has 2 aromatic rings. The maximum Gasteiger partial charge on any atom is 0.233 e. The monoisotopic (exact) mass is 310 g/mol. The molecular weight excluding hydrogens is 288 g/mol. The maximum atomic E-state index is 12.0. The van der Waals surface area contributed by atoms with Gasteiger partial charge in [0.1, 0.15) is 6.42 Å². The molecule has 2 rings (SSSR count). The molecular formula is C19H22N2O2. The SMILES string of the molecule is CC(C)c1ccccc1NC(=O)CC(=O)NCc1ccccc1. The normalized spacial score (nSPS) is 10.4. The Bertz CT molecular complexity index is 666. The van der Waals surface area contributed by atoms with Gasteiger partial charge in [-0.1, -0.05) is 62.4 Å². The summed E-state index contributed by atoms with van der Waals surface area (Å²) in [6, 6.07) is 17.3. The fraction of sp³-hybridized carbons (Fsp3) is 0.263. The van der Waals surface area contributed by atoms with E-state index < -0.39 is 0 Å². The zero-order chi connectivity index (χ0) is 16.7. The number of hydrogen-bond donors (Lipinski definition) is 2. The molecule has 4 nitrogen and oxygen atoms in total. The molecule has 120 valence electrons. The second-order valence-electron chi connectivity index (χ2n) is 5.73. The van der Waals surface area contributed by atoms with E-state index >= 15 is 0 Å². The number of rotatable bonds is 6. The number of amides is 2. The largest absolute Gasteiger partial charge is 0.352 e. The third-order valence-electron chi connectivity index (χ3n) is 3.51. The highest BCUT2D eigenvalue weighted by atomic mass is 16.2. The van der Waals surface area contributed by atoms with Gasteiger partial charge in [0.2, 0.25) is 11.8 Å². The molecule has 2 aromatic carbocycles. The predicted octanol–water partition coefficient (Wildman–Crippen LogP) is 3.46. The Morgan fingerprint density at radius 2 is 1.57 bits per heavy atom. The lowest BCUT2D eigenvalue weighted by atomic mass is 10.0. The Hall–Kier alpha value is -2.62. The Balaban J connectivity index is 1.86. The lowest BCUT2D eigenvalue weighted by Gasteiger charge is -2.13. The quantitative estimate of drug-likeness (QED) is 0.803. The number of benzene rings is 2. The fourth-order valence-corrected chi connectivity index (χ4v) is 2.31. The Kier molecular flexibility index (Phi) is 5.92. The Morgan fingerprint density at radius 1 is 0.913 bits per heavy atom. The summed E-state index contributed by atoms with van der Waals surface area (Å²) < 4.78 is 0. The third-order valence-corrected chi connectivity index (χ3v) is 3.51. The lowest BCUT2D eigenvalue weighted by Crippen LogP contribution is -2.28. The van der Waals surface area contributed by atoms with Crippen molar-refractivity contribution in [3.05, 3.63) is 65.7 Å². The number of anilines is 1. The average Bonchev–Trinajstić information content (AvgIpc) is 2.54. The fourth-order valence-electron chi connectivity index (χ4n) is 2.31. The second kappa shape index (κ2) is 8.13. The van der Waals surface area contributed by atoms with Crippen LogP contribution in [0.5, 0.6) is 0 Å². The highest BCUT2D eigenvalue weighted by molar-refractivity contribution is 6.03. The first-order chi connectivity index (χ1) is 11.1. The van der Waals surface area contributed by atoms with Crippen molar-refractivity contribution in [2.75, 3.05) is 5.32 Å². The molecule has 2 amide bonds. The van der Waals surface area contributed by atoms with Crippen molar-refractivity contribution in [2.24, 2.45) is 0 Å². The first-order valence-corrected chi connectivity index (χ1v) is 7.75. The maximum absolute atomic E-state index is 12.0. The highest BCUT2D eigenvalue weighted by Crippen LogP contribution is 2.23. The second-order valence-corrected chi connectivity index (χ2v) is 5.73. The van der Waals surface area contributed by atoms with Crippen molar-refractivity contribution in [3.8, 4) is 0 Å². The summed E-state index contributed by atoms with van der Waals surface area (Å²) in [5.41, 5.74) is 2.83. The minimum Gasteiger partial charge on any atom is -0.352 e. The van der Waals surface area contributed by atoms with Crippen LogP contribution in [-0.4, -0.2) is 11.8 Å². The van der Waals surface area contributed by atoms with Gasteiger partial charge in [0.05, 0.1) is 0 Å². The van der Waals surface area contributed by atoms with E-state index in [1.165, 1.54) is 0 Å². The van der Waals surface area contributed by atoms with Crippen LogP contribution in [0.1, 0.15) is 37.3 Å². The van der Waals surface area contributed by atoms with E-state index in [2.05, 4.69) is 24.5 Å². The van der Waals surface area contributed by atoms with Crippen molar-refractivity contribution in [3.63, 3.8) is 0 Å². The van der Waals surface area contributed by atoms with Gasteiger partial charge >= 0.3 is 0 Å². The van der Waals surface area contributed by atoms with Crippen LogP contribution in [0.2, 0.25) is 0 Å². The van der Waals surface area contributed by atoms with Crippen LogP contribution in [-0.2, 0) is 16.1 Å². The van der Waals surface area contributed by atoms with E-state index in [9.17, 15) is 9.59 Å². The van der Waals surface area contributed by atoms with Crippen LogP contribution < -0.4 is 10.6 Å². The van der Waals surface area contributed by atoms with Crippen LogP contribution in [0.25, 0.3) is 0 Å². The van der Waals surface area contributed by atoms with E-state index in [4.69, 9.17) is 0 Å². The molecule has 0 aromatic heterocycles. The molecule has 0 heterocycles. The molecule has 0 radical (unpaired) electrons. The smallest absolute Gasteiger partial charge is 0.233 e. The van der Waals surface area contributed by atoms with Crippen molar-refractivity contribution in [2.45, 2.75) is 32.7 Å². The highest BCUT2D eigenvalue weighted by Gasteiger charge is 2.12. The summed E-state index contributed by atoms with van der Waals surface area (Å²) in [4.78, 5) is 23.9. The van der Waals surface area contributed by atoms with E-state index in [0.29, 0.717) is 12.5 Å². The minimum atomic E-state index is -0.302. The summed E-state index contributed by atoms with van der Waals surface area (Å²) >= 11 is 0. The zero-order valence-electron chi connectivity index (χ0n) is 13.5. The first-order valence-electron chi connectivity index (χ1n) is 7.75. The predicted molar refractivity (Wildman–Crippen MR) is 92.1 cm³/mol. The number of carbonyl (C=O) groups excluding carboxylic acids is 2. The topological polar surface area (TPSA) is 58.2 Å². The molecule has 0 fully saturated rings. The van der Waals surface area contributed by atoms with Gasteiger partial charge in [0.15, 0.2) is 0 Å². The molecule has 23 heavy (non-hydrogen) atoms. The van der Waals surface area contributed by atoms with Crippen molar-refractivity contribution < 1.29 is 9.59 Å². The van der Waals surface area contributed by atoms with E-state index in [0.717, 1.165) is 16.8 Å². The summed E-state index contributed by atoms with van der Waals surface area (Å²) in [6.07, 6.45) is -0.181. The number of hydrogen-bond acceptors (Lipinski definition) is 2. The third kappa shape index (κ3) is 5.25. The summed E-state index contributed by atoms with van der Waals surface area (Å²) in [7, 11) is 0. The Morgan fingerprint density at radius 3 is 2.26 bits per heavy atom. The lowest BCUT2D eigenvalue weighted by molar-refractivity contribution is -0.126. The van der Waals surface area contributed by atoms with Gasteiger partial charge in [-0.15, -0.1) is 0 Å². The first kappa shape index (κ1) is 16.7. The average molecular weight is 310 g/mol. The van der Waals surface area contributed by atoms with Gasteiger partial charge in [-0.25, -0.2) is 0 Å². The van der Waals surface area contributed by atoms with Gasteiger partial charge in [-0.3, -0.25) is 9.59 Å². The molecule has 0 aliphatic carbocycles. The van der Waals surface area contributed by atoms with Crippen molar-refractivity contribution in [1.82, 2.24) is 5.32 Å². The van der Waals surface area contributed by atoms with Crippen molar-refractivity contribution in [1.29, 1.82) is 0 Å². The van der Waals surface area contributed by atoms with Gasteiger partial charge in [0, 0.05) is 12.2 Å². The van der Waals surface area contributed by atoms with Gasteiger partial charge < -0.3 is 10.6 Å². The molecule has 0 atom stereocenters. The Labute approximate surface area is 136 Å². The van der Waals surface area contributed by atoms with E-state index in [-0.39, 0.29) is 18.2 Å². The van der Waals surface area contributed by atoms with Crippen LogP contribution in [0.4, 0.5) is 5.69 Å². The summed E-state index contributed by atoms with van der Waals surface area (Å²) in [5, 5.41) is 5.57. The summed E-state index contributed by atoms with van der Waals surface area (Å²) in [6.45, 7) is 4.56. The molecule has 4 heteroatoms. The number of para-hydroxylation sites is 1. The molecule has 0 spiro atoms. The van der Waals surface area contributed by atoms with Crippen LogP contribution in [0.3, 0.4) is 0 Å². The molecule has 0 bridgehead atoms. The minimum absolute atomic E-state index is 0.181. The molecule has 0 unspecified atom stereocenters. The summed E-state index contributed by atoms with van der Waals surface area (Å²) in [5.74, 6) is -0.282. The van der Waals surface area contributed by atoms with Gasteiger partial charge in [-0.05, 0) is 23.1 Å². The molecule has 0 aliphatic heterocycles. The van der Waals surface area contributed by atoms with Crippen LogP contribution in [0, 0.1) is 0 Å². The van der Waals surface area contributed by atoms with E-state index in [1.54, 1.807) is 0 Å². The van der Waals surface area contributed by atoms with Crippen molar-refractivity contribution >= 4 is 17.5 Å². The molecule has 0 saturated heterocycles. The number of carbonyl (C=O) groups is 2.